The van der Waals surface area contributed by atoms with Crippen LogP contribution in [0.2, 0.25) is 0 Å². The number of hydrogen-bond donors (Lipinski definition) is 0. The molecular formula is C10H20N2OS. The first kappa shape index (κ1) is 13.4. The quantitative estimate of drug-likeness (QED) is 0.654. The van der Waals surface area contributed by atoms with E-state index in [2.05, 4.69) is 0 Å². The summed E-state index contributed by atoms with van der Waals surface area (Å²) in [6, 6.07) is 0. The smallest absolute Gasteiger partial charge is 0.241 e. The van der Waals surface area contributed by atoms with Gasteiger partial charge >= 0.3 is 0 Å². The number of thiocarbonyl (C=S) groups is 1. The largest absolute Gasteiger partial charge is 0.352 e. The maximum absolute atomic E-state index is 11.5. The third-order valence-corrected chi connectivity index (χ3v) is 2.20. The van der Waals surface area contributed by atoms with Crippen molar-refractivity contribution in [3.8, 4) is 0 Å². The summed E-state index contributed by atoms with van der Waals surface area (Å²) in [5.74, 6) is 0.0733. The van der Waals surface area contributed by atoms with Gasteiger partial charge in [-0.1, -0.05) is 12.2 Å². The molecule has 0 bridgehead atoms. The van der Waals surface area contributed by atoms with E-state index < -0.39 is 0 Å². The Morgan fingerprint density at radius 1 is 1.29 bits per heavy atom. The molecule has 0 aliphatic heterocycles. The summed E-state index contributed by atoms with van der Waals surface area (Å²) >= 11 is 5.13. The van der Waals surface area contributed by atoms with Crippen molar-refractivity contribution in [1.29, 1.82) is 0 Å². The van der Waals surface area contributed by atoms with E-state index in [1.807, 2.05) is 32.6 Å². The minimum absolute atomic E-state index is 0.0733. The minimum Gasteiger partial charge on any atom is -0.352 e. The van der Waals surface area contributed by atoms with Crippen molar-refractivity contribution in [1.82, 2.24) is 9.80 Å². The van der Waals surface area contributed by atoms with E-state index in [4.69, 9.17) is 12.2 Å². The van der Waals surface area contributed by atoms with Gasteiger partial charge in [-0.15, -0.1) is 0 Å². The average Bonchev–Trinajstić information content (AvgIpc) is 1.96. The van der Waals surface area contributed by atoms with Gasteiger partial charge in [-0.2, -0.15) is 0 Å². The molecule has 0 unspecified atom stereocenters. The van der Waals surface area contributed by atoms with E-state index in [0.717, 1.165) is 4.99 Å². The van der Waals surface area contributed by atoms with Crippen molar-refractivity contribution in [2.75, 3.05) is 20.6 Å². The highest BCUT2D eigenvalue weighted by atomic mass is 32.1. The number of likely N-dealkylation sites (N-methyl/N-ethyl adjacent to an activating group) is 1. The third kappa shape index (κ3) is 4.05. The average molecular weight is 216 g/mol. The van der Waals surface area contributed by atoms with Crippen LogP contribution >= 0.6 is 12.2 Å². The lowest BCUT2D eigenvalue weighted by molar-refractivity contribution is -0.129. The fourth-order valence-electron chi connectivity index (χ4n) is 1.10. The van der Waals surface area contributed by atoms with Crippen molar-refractivity contribution >= 4 is 23.1 Å². The molecule has 14 heavy (non-hydrogen) atoms. The molecule has 0 N–H and O–H groups in total. The normalized spacial score (nSPS) is 11.0. The summed E-state index contributed by atoms with van der Waals surface area (Å²) in [6.07, 6.45) is 0. The van der Waals surface area contributed by atoms with Crippen molar-refractivity contribution in [3.05, 3.63) is 0 Å². The Morgan fingerprint density at radius 2 is 1.71 bits per heavy atom. The van der Waals surface area contributed by atoms with E-state index in [-0.39, 0.29) is 11.4 Å². The van der Waals surface area contributed by atoms with Crippen LogP contribution < -0.4 is 0 Å². The summed E-state index contributed by atoms with van der Waals surface area (Å²) < 4.78 is 0. The van der Waals surface area contributed by atoms with Crippen LogP contribution in [0.25, 0.3) is 0 Å². The highest BCUT2D eigenvalue weighted by Crippen LogP contribution is 2.14. The molecule has 0 aliphatic carbocycles. The van der Waals surface area contributed by atoms with Gasteiger partial charge in [0.1, 0.15) is 0 Å². The van der Waals surface area contributed by atoms with Crippen LogP contribution in [-0.2, 0) is 4.79 Å². The van der Waals surface area contributed by atoms with E-state index in [0.29, 0.717) is 6.54 Å². The molecule has 0 heterocycles. The first-order valence-corrected chi connectivity index (χ1v) is 5.05. The second-order valence-corrected chi connectivity index (χ2v) is 5.15. The Morgan fingerprint density at radius 3 is 1.93 bits per heavy atom. The molecular weight excluding hydrogens is 196 g/mol. The molecule has 0 aliphatic rings. The Bertz CT molecular complexity index is 231. The van der Waals surface area contributed by atoms with Crippen molar-refractivity contribution in [2.45, 2.75) is 33.2 Å². The molecule has 0 radical (unpaired) electrons. The minimum atomic E-state index is -0.0997. The van der Waals surface area contributed by atoms with Gasteiger partial charge in [0.25, 0.3) is 0 Å². The van der Waals surface area contributed by atoms with Crippen LogP contribution in [0.5, 0.6) is 0 Å². The van der Waals surface area contributed by atoms with Crippen molar-refractivity contribution in [2.24, 2.45) is 0 Å². The standard InChI is InChI=1S/C10H20N2OS/c1-8(14)12(10(2,3)4)7-9(13)11(5)6/h7H2,1-6H3. The molecule has 3 nitrogen and oxygen atoms in total. The maximum Gasteiger partial charge on any atom is 0.241 e. The Balaban J connectivity index is 4.56. The second kappa shape index (κ2) is 4.73. The predicted octanol–water partition coefficient (Wildman–Crippen LogP) is 1.52. The fraction of sp³-hybridized carbons (Fsp3) is 0.800. The number of amides is 1. The molecule has 82 valence electrons. The lowest BCUT2D eigenvalue weighted by Crippen LogP contribution is -2.48. The molecule has 0 atom stereocenters. The predicted molar refractivity (Wildman–Crippen MR) is 63.4 cm³/mol. The van der Waals surface area contributed by atoms with Crippen LogP contribution in [0, 0.1) is 0 Å². The molecule has 0 spiro atoms. The van der Waals surface area contributed by atoms with Gasteiger partial charge < -0.3 is 9.80 Å². The molecule has 0 saturated carbocycles. The molecule has 0 aromatic rings. The summed E-state index contributed by atoms with van der Waals surface area (Å²) in [7, 11) is 3.50. The van der Waals surface area contributed by atoms with E-state index in [9.17, 15) is 4.79 Å². The lowest BCUT2D eigenvalue weighted by Gasteiger charge is -2.36. The summed E-state index contributed by atoms with van der Waals surface area (Å²) in [6.45, 7) is 8.35. The van der Waals surface area contributed by atoms with Gasteiger partial charge in [-0.25, -0.2) is 0 Å². The summed E-state index contributed by atoms with van der Waals surface area (Å²) in [5, 5.41) is 0. The molecule has 0 fully saturated rings. The molecule has 0 saturated heterocycles. The van der Waals surface area contributed by atoms with Crippen LogP contribution in [-0.4, -0.2) is 46.9 Å². The Hall–Kier alpha value is -0.640. The first-order valence-electron chi connectivity index (χ1n) is 4.64. The molecule has 4 heteroatoms. The van der Waals surface area contributed by atoms with E-state index in [1.54, 1.807) is 19.0 Å². The van der Waals surface area contributed by atoms with Gasteiger partial charge in [0.05, 0.1) is 11.5 Å². The van der Waals surface area contributed by atoms with Gasteiger partial charge in [-0.05, 0) is 27.7 Å². The van der Waals surface area contributed by atoms with E-state index >= 15 is 0 Å². The number of carbonyl (C=O) groups is 1. The van der Waals surface area contributed by atoms with Crippen LogP contribution in [0.4, 0.5) is 0 Å². The summed E-state index contributed by atoms with van der Waals surface area (Å²) in [5.41, 5.74) is -0.0997. The molecule has 0 aromatic heterocycles. The van der Waals surface area contributed by atoms with Gasteiger partial charge in [0, 0.05) is 19.6 Å². The molecule has 0 aromatic carbocycles. The zero-order chi connectivity index (χ0) is 11.5. The van der Waals surface area contributed by atoms with Gasteiger partial charge in [-0.3, -0.25) is 4.79 Å². The Labute approximate surface area is 92.1 Å². The highest BCUT2D eigenvalue weighted by Gasteiger charge is 2.24. The Kier molecular flexibility index (Phi) is 4.52. The monoisotopic (exact) mass is 216 g/mol. The van der Waals surface area contributed by atoms with Crippen LogP contribution in [0.1, 0.15) is 27.7 Å². The number of nitrogens with zero attached hydrogens (tertiary/aromatic N) is 2. The number of hydrogen-bond acceptors (Lipinski definition) is 2. The van der Waals surface area contributed by atoms with Crippen LogP contribution in [0.3, 0.4) is 0 Å². The first-order chi connectivity index (χ1) is 6.16. The van der Waals surface area contributed by atoms with Crippen molar-refractivity contribution in [3.63, 3.8) is 0 Å². The molecule has 1 amide bonds. The number of rotatable bonds is 2. The van der Waals surface area contributed by atoms with Gasteiger partial charge in [0.15, 0.2) is 0 Å². The van der Waals surface area contributed by atoms with Crippen LogP contribution in [0.15, 0.2) is 0 Å². The van der Waals surface area contributed by atoms with Gasteiger partial charge in [0.2, 0.25) is 5.91 Å². The highest BCUT2D eigenvalue weighted by molar-refractivity contribution is 7.80. The lowest BCUT2D eigenvalue weighted by atomic mass is 10.1. The maximum atomic E-state index is 11.5. The third-order valence-electron chi connectivity index (χ3n) is 1.98. The number of carbonyl (C=O) groups excluding carboxylic acids is 1. The SMILES string of the molecule is CC(=S)N(CC(=O)N(C)C)C(C)(C)C. The second-order valence-electron chi connectivity index (χ2n) is 4.56. The zero-order valence-electron chi connectivity index (χ0n) is 9.92. The zero-order valence-corrected chi connectivity index (χ0v) is 10.7. The van der Waals surface area contributed by atoms with E-state index in [1.165, 1.54) is 0 Å². The molecule has 0 rings (SSSR count). The van der Waals surface area contributed by atoms with Crippen molar-refractivity contribution < 1.29 is 4.79 Å². The summed E-state index contributed by atoms with van der Waals surface area (Å²) in [4.78, 5) is 15.8. The topological polar surface area (TPSA) is 23.6 Å². The fourth-order valence-corrected chi connectivity index (χ4v) is 1.44.